The van der Waals surface area contributed by atoms with Crippen LogP contribution in [0.2, 0.25) is 0 Å². The van der Waals surface area contributed by atoms with Gasteiger partial charge in [-0.05, 0) is 24.0 Å². The Bertz CT molecular complexity index is 518. The molecule has 0 aliphatic rings. The van der Waals surface area contributed by atoms with Crippen LogP contribution in [0.1, 0.15) is 24.0 Å². The van der Waals surface area contributed by atoms with Crippen molar-refractivity contribution in [2.24, 2.45) is 0 Å². The summed E-state index contributed by atoms with van der Waals surface area (Å²) in [6, 6.07) is 20.6. The maximum absolute atomic E-state index is 5.93. The third kappa shape index (κ3) is 2.61. The van der Waals surface area contributed by atoms with Gasteiger partial charge in [0.1, 0.15) is 0 Å². The number of terminal acetylenes is 1. The molecule has 0 saturated carbocycles. The second kappa shape index (κ2) is 6.07. The zero-order valence-electron chi connectivity index (χ0n) is 11.0. The third-order valence-corrected chi connectivity index (χ3v) is 3.50. The van der Waals surface area contributed by atoms with Crippen LogP contribution >= 0.6 is 0 Å². The van der Waals surface area contributed by atoms with Gasteiger partial charge in [0.25, 0.3) is 0 Å². The molecule has 0 spiro atoms. The maximum atomic E-state index is 5.93. The van der Waals surface area contributed by atoms with E-state index in [1.54, 1.807) is 0 Å². The molecule has 0 bridgehead atoms. The van der Waals surface area contributed by atoms with E-state index in [2.05, 4.69) is 36.8 Å². The Morgan fingerprint density at radius 1 is 0.947 bits per heavy atom. The van der Waals surface area contributed by atoms with E-state index in [0.29, 0.717) is 0 Å². The van der Waals surface area contributed by atoms with Crippen LogP contribution in [-0.2, 0) is 5.41 Å². The van der Waals surface area contributed by atoms with Crippen LogP contribution < -0.4 is 0 Å². The van der Waals surface area contributed by atoms with Crippen molar-refractivity contribution < 1.29 is 0 Å². The molecule has 0 aliphatic carbocycles. The summed E-state index contributed by atoms with van der Waals surface area (Å²) >= 11 is 0. The van der Waals surface area contributed by atoms with Crippen molar-refractivity contribution >= 4 is 0 Å². The van der Waals surface area contributed by atoms with Crippen LogP contribution in [-0.4, -0.2) is 0 Å². The van der Waals surface area contributed by atoms with Gasteiger partial charge in [0.15, 0.2) is 0 Å². The Hall–Kier alpha value is -2.26. The second-order valence-electron chi connectivity index (χ2n) is 4.61. The van der Waals surface area contributed by atoms with Crippen molar-refractivity contribution in [3.8, 4) is 12.3 Å². The van der Waals surface area contributed by atoms with Crippen LogP contribution in [0.5, 0.6) is 0 Å². The predicted octanol–water partition coefficient (Wildman–Crippen LogP) is 4.57. The topological polar surface area (TPSA) is 0 Å². The summed E-state index contributed by atoms with van der Waals surface area (Å²) < 4.78 is 0. The molecular formula is C19H18. The maximum Gasteiger partial charge on any atom is 0.0812 e. The number of hydrogen-bond donors (Lipinski definition) is 0. The molecule has 0 aliphatic heterocycles. The first kappa shape index (κ1) is 13.2. The molecule has 0 heteroatoms. The molecule has 0 unspecified atom stereocenters. The SMILES string of the molecule is C#CC(CCC=C)(c1ccccc1)c1ccccc1. The highest BCUT2D eigenvalue weighted by molar-refractivity contribution is 5.47. The lowest BCUT2D eigenvalue weighted by Gasteiger charge is -2.29. The predicted molar refractivity (Wildman–Crippen MR) is 81.9 cm³/mol. The van der Waals surface area contributed by atoms with Crippen LogP contribution in [0.25, 0.3) is 0 Å². The minimum atomic E-state index is -0.364. The van der Waals surface area contributed by atoms with Gasteiger partial charge in [-0.3, -0.25) is 0 Å². The van der Waals surface area contributed by atoms with E-state index in [9.17, 15) is 0 Å². The molecule has 0 heterocycles. The molecule has 2 aromatic rings. The first-order valence-electron chi connectivity index (χ1n) is 6.53. The third-order valence-electron chi connectivity index (χ3n) is 3.50. The Kier molecular flexibility index (Phi) is 4.21. The summed E-state index contributed by atoms with van der Waals surface area (Å²) in [5.74, 6) is 3.04. The molecule has 0 radical (unpaired) electrons. The van der Waals surface area contributed by atoms with E-state index in [1.165, 1.54) is 11.1 Å². The van der Waals surface area contributed by atoms with Gasteiger partial charge >= 0.3 is 0 Å². The average Bonchev–Trinajstić information content (AvgIpc) is 2.51. The van der Waals surface area contributed by atoms with E-state index in [0.717, 1.165) is 12.8 Å². The molecule has 0 fully saturated rings. The highest BCUT2D eigenvalue weighted by Gasteiger charge is 2.30. The average molecular weight is 246 g/mol. The highest BCUT2D eigenvalue weighted by Crippen LogP contribution is 2.36. The van der Waals surface area contributed by atoms with Gasteiger partial charge in [0.05, 0.1) is 5.41 Å². The Morgan fingerprint density at radius 2 is 1.42 bits per heavy atom. The number of rotatable bonds is 5. The van der Waals surface area contributed by atoms with Gasteiger partial charge in [-0.1, -0.05) is 72.7 Å². The highest BCUT2D eigenvalue weighted by atomic mass is 14.3. The van der Waals surface area contributed by atoms with Crippen molar-refractivity contribution in [3.05, 3.63) is 84.4 Å². The molecule has 0 N–H and O–H groups in total. The van der Waals surface area contributed by atoms with Crippen LogP contribution in [0.15, 0.2) is 73.3 Å². The molecule has 2 rings (SSSR count). The van der Waals surface area contributed by atoms with Crippen molar-refractivity contribution in [2.75, 3.05) is 0 Å². The summed E-state index contributed by atoms with van der Waals surface area (Å²) in [7, 11) is 0. The normalized spacial score (nSPS) is 10.7. The molecule has 0 saturated heterocycles. The lowest BCUT2D eigenvalue weighted by molar-refractivity contribution is 0.609. The summed E-state index contributed by atoms with van der Waals surface area (Å²) in [6.45, 7) is 3.82. The molecule has 0 nitrogen and oxygen atoms in total. The second-order valence-corrected chi connectivity index (χ2v) is 4.61. The zero-order chi connectivity index (χ0) is 13.6. The Balaban J connectivity index is 2.55. The van der Waals surface area contributed by atoms with E-state index in [4.69, 9.17) is 6.42 Å². The minimum Gasteiger partial charge on any atom is -0.119 e. The lowest BCUT2D eigenvalue weighted by Crippen LogP contribution is -2.25. The van der Waals surface area contributed by atoms with E-state index >= 15 is 0 Å². The molecule has 19 heavy (non-hydrogen) atoms. The molecule has 94 valence electrons. The largest absolute Gasteiger partial charge is 0.119 e. The van der Waals surface area contributed by atoms with Crippen LogP contribution in [0, 0.1) is 12.3 Å². The monoisotopic (exact) mass is 246 g/mol. The summed E-state index contributed by atoms with van der Waals surface area (Å²) in [4.78, 5) is 0. The first-order chi connectivity index (χ1) is 9.33. The Morgan fingerprint density at radius 3 is 1.79 bits per heavy atom. The first-order valence-corrected chi connectivity index (χ1v) is 6.53. The van der Waals surface area contributed by atoms with E-state index in [-0.39, 0.29) is 5.41 Å². The fourth-order valence-electron chi connectivity index (χ4n) is 2.46. The summed E-state index contributed by atoms with van der Waals surface area (Å²) in [6.07, 6.45) is 9.63. The molecule has 2 aromatic carbocycles. The standard InChI is InChI=1S/C19H18/c1-3-5-16-19(4-2,17-12-8-6-9-13-17)18-14-10-7-11-15-18/h2-3,6-15H,1,5,16H2. The number of benzene rings is 2. The fourth-order valence-corrected chi connectivity index (χ4v) is 2.46. The quantitative estimate of drug-likeness (QED) is 0.535. The zero-order valence-corrected chi connectivity index (χ0v) is 11.0. The van der Waals surface area contributed by atoms with Crippen molar-refractivity contribution in [2.45, 2.75) is 18.3 Å². The minimum absolute atomic E-state index is 0.364. The van der Waals surface area contributed by atoms with E-state index in [1.807, 2.05) is 42.5 Å². The van der Waals surface area contributed by atoms with E-state index < -0.39 is 0 Å². The van der Waals surface area contributed by atoms with Gasteiger partial charge in [-0.2, -0.15) is 0 Å². The molecule has 0 aromatic heterocycles. The van der Waals surface area contributed by atoms with Gasteiger partial charge in [-0.25, -0.2) is 0 Å². The summed E-state index contributed by atoms with van der Waals surface area (Å²) in [5.41, 5.74) is 1.98. The van der Waals surface area contributed by atoms with Crippen molar-refractivity contribution in [1.29, 1.82) is 0 Å². The number of allylic oxidation sites excluding steroid dienone is 1. The van der Waals surface area contributed by atoms with Crippen LogP contribution in [0.4, 0.5) is 0 Å². The number of hydrogen-bond acceptors (Lipinski definition) is 0. The van der Waals surface area contributed by atoms with Crippen molar-refractivity contribution in [3.63, 3.8) is 0 Å². The fraction of sp³-hybridized carbons (Fsp3) is 0.158. The molecular weight excluding hydrogens is 228 g/mol. The summed E-state index contributed by atoms with van der Waals surface area (Å²) in [5, 5.41) is 0. The smallest absolute Gasteiger partial charge is 0.0812 e. The molecule has 0 atom stereocenters. The van der Waals surface area contributed by atoms with Gasteiger partial charge in [0.2, 0.25) is 0 Å². The Labute approximate surface area is 115 Å². The molecule has 0 amide bonds. The lowest BCUT2D eigenvalue weighted by atomic mass is 9.72. The van der Waals surface area contributed by atoms with Crippen LogP contribution in [0.3, 0.4) is 0 Å². The van der Waals surface area contributed by atoms with Gasteiger partial charge < -0.3 is 0 Å². The van der Waals surface area contributed by atoms with Crippen molar-refractivity contribution in [1.82, 2.24) is 0 Å². The van der Waals surface area contributed by atoms with Gasteiger partial charge in [0, 0.05) is 0 Å². The van der Waals surface area contributed by atoms with Gasteiger partial charge in [-0.15, -0.1) is 13.0 Å².